The van der Waals surface area contributed by atoms with Crippen molar-refractivity contribution in [1.29, 1.82) is 0 Å². The third-order valence-electron chi connectivity index (χ3n) is 4.46. The highest BCUT2D eigenvalue weighted by molar-refractivity contribution is 6.05. The van der Waals surface area contributed by atoms with Gasteiger partial charge in [0.25, 0.3) is 5.91 Å². The molecular formula is C20H14F6N2O2. The highest BCUT2D eigenvalue weighted by atomic mass is 19.4. The number of carbonyl (C=O) groups excluding carboxylic acids is 1. The molecule has 0 aliphatic heterocycles. The molecule has 10 heteroatoms. The van der Waals surface area contributed by atoms with Crippen LogP contribution in [0.15, 0.2) is 53.5 Å². The van der Waals surface area contributed by atoms with Gasteiger partial charge in [-0.2, -0.15) is 26.3 Å². The molecule has 3 rings (SSSR count). The van der Waals surface area contributed by atoms with E-state index >= 15 is 0 Å². The van der Waals surface area contributed by atoms with Crippen LogP contribution in [0.25, 0.3) is 10.9 Å². The summed E-state index contributed by atoms with van der Waals surface area (Å²) in [6.07, 6.45) is -8.01. The smallest absolute Gasteiger partial charge is 0.347 e. The van der Waals surface area contributed by atoms with E-state index in [-0.39, 0.29) is 23.1 Å². The van der Waals surface area contributed by atoms with Crippen molar-refractivity contribution in [3.05, 3.63) is 75.6 Å². The Kier molecular flexibility index (Phi) is 5.36. The van der Waals surface area contributed by atoms with Crippen LogP contribution in [-0.2, 0) is 18.9 Å². The molecule has 0 bridgehead atoms. The van der Waals surface area contributed by atoms with Gasteiger partial charge in [-0.05, 0) is 49.4 Å². The average Bonchev–Trinajstić information content (AvgIpc) is 2.67. The van der Waals surface area contributed by atoms with Crippen LogP contribution in [0.2, 0.25) is 0 Å². The number of halogens is 6. The highest BCUT2D eigenvalue weighted by Crippen LogP contribution is 2.31. The molecule has 1 heterocycles. The molecule has 0 fully saturated rings. The third kappa shape index (κ3) is 4.17. The normalized spacial score (nSPS) is 12.2. The lowest BCUT2D eigenvalue weighted by Gasteiger charge is -2.14. The summed E-state index contributed by atoms with van der Waals surface area (Å²) >= 11 is 0. The minimum atomic E-state index is -4.67. The fourth-order valence-corrected chi connectivity index (χ4v) is 2.94. The molecule has 0 aliphatic rings. The first-order chi connectivity index (χ1) is 13.9. The number of hydrogen-bond acceptors (Lipinski definition) is 2. The first kappa shape index (κ1) is 21.4. The fraction of sp³-hybridized carbons (Fsp3) is 0.200. The molecule has 0 saturated carbocycles. The predicted molar refractivity (Wildman–Crippen MR) is 98.3 cm³/mol. The van der Waals surface area contributed by atoms with Crippen LogP contribution < -0.4 is 10.7 Å². The Labute approximate surface area is 165 Å². The molecule has 0 spiro atoms. The van der Waals surface area contributed by atoms with Gasteiger partial charge in [0, 0.05) is 23.8 Å². The summed E-state index contributed by atoms with van der Waals surface area (Å²) in [5.41, 5.74) is -3.07. The van der Waals surface area contributed by atoms with Crippen LogP contribution in [-0.4, -0.2) is 10.5 Å². The van der Waals surface area contributed by atoms with E-state index in [0.29, 0.717) is 6.07 Å². The lowest BCUT2D eigenvalue weighted by molar-refractivity contribution is -0.138. The van der Waals surface area contributed by atoms with Crippen LogP contribution in [0.4, 0.5) is 32.0 Å². The zero-order valence-electron chi connectivity index (χ0n) is 15.4. The van der Waals surface area contributed by atoms with E-state index in [1.54, 1.807) is 6.92 Å². The monoisotopic (exact) mass is 428 g/mol. The van der Waals surface area contributed by atoms with Crippen LogP contribution in [0.3, 0.4) is 0 Å². The number of fused-ring (bicyclic) bond motifs is 1. The molecule has 2 aromatic carbocycles. The molecule has 3 aromatic rings. The minimum absolute atomic E-state index is 0.000382. The number of amides is 1. The van der Waals surface area contributed by atoms with Crippen molar-refractivity contribution < 1.29 is 31.1 Å². The van der Waals surface area contributed by atoms with Crippen LogP contribution in [0.5, 0.6) is 0 Å². The van der Waals surface area contributed by atoms with Crippen molar-refractivity contribution in [1.82, 2.24) is 4.57 Å². The molecule has 0 saturated heterocycles. The lowest BCUT2D eigenvalue weighted by atomic mass is 10.1. The van der Waals surface area contributed by atoms with E-state index in [0.717, 1.165) is 36.4 Å². The maximum absolute atomic E-state index is 13.0. The molecule has 1 amide bonds. The van der Waals surface area contributed by atoms with Gasteiger partial charge in [-0.25, -0.2) is 0 Å². The maximum atomic E-state index is 13.0. The molecule has 0 radical (unpaired) electrons. The quantitative estimate of drug-likeness (QED) is 0.575. The van der Waals surface area contributed by atoms with Gasteiger partial charge in [0.1, 0.15) is 5.56 Å². The third-order valence-corrected chi connectivity index (χ3v) is 4.46. The van der Waals surface area contributed by atoms with Gasteiger partial charge >= 0.3 is 12.4 Å². The van der Waals surface area contributed by atoms with Crippen molar-refractivity contribution in [2.75, 3.05) is 5.32 Å². The number of aromatic nitrogens is 1. The van der Waals surface area contributed by atoms with Gasteiger partial charge in [0.2, 0.25) is 5.43 Å². The molecule has 158 valence electrons. The number of aryl methyl sites for hydroxylation is 1. The standard InChI is InChI=1S/C20H14F6N2O2/c1-2-28-10-15(17(29)14-9-12(20(24,25)26)5-8-16(14)28)18(30)27-13-6-3-11(4-7-13)19(21,22)23/h3-10H,2H2,1H3,(H,27,30). The number of benzene rings is 2. The zero-order valence-corrected chi connectivity index (χ0v) is 15.4. The van der Waals surface area contributed by atoms with E-state index < -0.39 is 40.4 Å². The van der Waals surface area contributed by atoms with Crippen molar-refractivity contribution in [2.45, 2.75) is 25.8 Å². The first-order valence-electron chi connectivity index (χ1n) is 8.65. The number of carbonyl (C=O) groups is 1. The van der Waals surface area contributed by atoms with Crippen molar-refractivity contribution >= 4 is 22.5 Å². The second-order valence-electron chi connectivity index (χ2n) is 6.42. The van der Waals surface area contributed by atoms with E-state index in [2.05, 4.69) is 5.32 Å². The van der Waals surface area contributed by atoms with Crippen molar-refractivity contribution in [3.8, 4) is 0 Å². The fourth-order valence-electron chi connectivity index (χ4n) is 2.94. The molecule has 1 N–H and O–H groups in total. The molecule has 1 aromatic heterocycles. The lowest BCUT2D eigenvalue weighted by Crippen LogP contribution is -2.24. The first-order valence-corrected chi connectivity index (χ1v) is 8.65. The highest BCUT2D eigenvalue weighted by Gasteiger charge is 2.31. The summed E-state index contributed by atoms with van der Waals surface area (Å²) < 4.78 is 78.4. The zero-order chi connectivity index (χ0) is 22.3. The Morgan fingerprint density at radius 1 is 0.933 bits per heavy atom. The summed E-state index contributed by atoms with van der Waals surface area (Å²) in [5.74, 6) is -0.943. The molecular weight excluding hydrogens is 414 g/mol. The number of nitrogens with zero attached hydrogens (tertiary/aromatic N) is 1. The molecule has 0 unspecified atom stereocenters. The maximum Gasteiger partial charge on any atom is 0.416 e. The number of pyridine rings is 1. The summed E-state index contributed by atoms with van der Waals surface area (Å²) in [4.78, 5) is 25.2. The van der Waals surface area contributed by atoms with Gasteiger partial charge in [-0.15, -0.1) is 0 Å². The van der Waals surface area contributed by atoms with Crippen LogP contribution in [0, 0.1) is 0 Å². The summed E-state index contributed by atoms with van der Waals surface area (Å²) in [6.45, 7) is 1.95. The van der Waals surface area contributed by atoms with E-state index in [4.69, 9.17) is 0 Å². The summed E-state index contributed by atoms with van der Waals surface area (Å²) in [7, 11) is 0. The second kappa shape index (κ2) is 7.51. The number of anilines is 1. The summed E-state index contributed by atoms with van der Waals surface area (Å²) in [5, 5.41) is 2.01. The predicted octanol–water partition coefficient (Wildman–Crippen LogP) is 5.31. The molecule has 4 nitrogen and oxygen atoms in total. The average molecular weight is 428 g/mol. The Morgan fingerprint density at radius 3 is 2.03 bits per heavy atom. The number of nitrogens with one attached hydrogen (secondary N) is 1. The Balaban J connectivity index is 2.03. The number of rotatable bonds is 3. The van der Waals surface area contributed by atoms with Gasteiger partial charge < -0.3 is 9.88 Å². The van der Waals surface area contributed by atoms with Crippen LogP contribution in [0.1, 0.15) is 28.4 Å². The SMILES string of the molecule is CCn1cc(C(=O)Nc2ccc(C(F)(F)F)cc2)c(=O)c2cc(C(F)(F)F)ccc21. The van der Waals surface area contributed by atoms with Gasteiger partial charge in [-0.1, -0.05) is 0 Å². The minimum Gasteiger partial charge on any atom is -0.347 e. The Bertz CT molecular complexity index is 1160. The van der Waals surface area contributed by atoms with E-state index in [9.17, 15) is 35.9 Å². The van der Waals surface area contributed by atoms with Gasteiger partial charge in [-0.3, -0.25) is 9.59 Å². The molecule has 30 heavy (non-hydrogen) atoms. The van der Waals surface area contributed by atoms with Gasteiger partial charge in [0.15, 0.2) is 0 Å². The van der Waals surface area contributed by atoms with E-state index in [1.165, 1.54) is 10.8 Å². The number of alkyl halides is 6. The van der Waals surface area contributed by atoms with Gasteiger partial charge in [0.05, 0.1) is 16.6 Å². The number of hydrogen-bond donors (Lipinski definition) is 1. The Hall–Kier alpha value is -3.30. The molecule has 0 atom stereocenters. The topological polar surface area (TPSA) is 51.1 Å². The largest absolute Gasteiger partial charge is 0.416 e. The second-order valence-corrected chi connectivity index (χ2v) is 6.42. The van der Waals surface area contributed by atoms with Crippen molar-refractivity contribution in [2.24, 2.45) is 0 Å². The van der Waals surface area contributed by atoms with E-state index in [1.807, 2.05) is 0 Å². The van der Waals surface area contributed by atoms with Crippen LogP contribution >= 0.6 is 0 Å². The molecule has 0 aliphatic carbocycles. The summed E-state index contributed by atoms with van der Waals surface area (Å²) in [6, 6.07) is 6.23. The Morgan fingerprint density at radius 2 is 1.50 bits per heavy atom. The van der Waals surface area contributed by atoms with Crippen molar-refractivity contribution in [3.63, 3.8) is 0 Å².